The summed E-state index contributed by atoms with van der Waals surface area (Å²) in [4.78, 5) is 23.6. The summed E-state index contributed by atoms with van der Waals surface area (Å²) in [5.74, 6) is -0.214. The van der Waals surface area contributed by atoms with Crippen LogP contribution in [0.3, 0.4) is 0 Å². The topological polar surface area (TPSA) is 45.0 Å². The largest absolute Gasteiger partial charge is 0.383 e. The highest BCUT2D eigenvalue weighted by molar-refractivity contribution is 6.37. The van der Waals surface area contributed by atoms with Gasteiger partial charge in [0, 0.05) is 37.1 Å². The van der Waals surface area contributed by atoms with Gasteiger partial charge in [-0.15, -0.1) is 0 Å². The van der Waals surface area contributed by atoms with E-state index in [0.717, 1.165) is 5.71 Å². The molecule has 4 nitrogen and oxygen atoms in total. The molecule has 0 aliphatic carbocycles. The summed E-state index contributed by atoms with van der Waals surface area (Å²) >= 11 is 12.1. The van der Waals surface area contributed by atoms with E-state index in [-0.39, 0.29) is 5.78 Å². The van der Waals surface area contributed by atoms with Crippen molar-refractivity contribution in [1.29, 1.82) is 0 Å². The van der Waals surface area contributed by atoms with Crippen LogP contribution >= 0.6 is 23.2 Å². The van der Waals surface area contributed by atoms with E-state index in [9.17, 15) is 4.79 Å². The molecule has 1 heterocycles. The molecule has 0 aromatic heterocycles. The average molecular weight is 338 g/mol. The number of benzene rings is 1. The van der Waals surface area contributed by atoms with Crippen LogP contribution in [-0.4, -0.2) is 42.4 Å². The molecule has 0 N–H and O–H groups in total. The number of aliphatic imine (C=N–C) groups is 2. The Labute approximate surface area is 140 Å². The van der Waals surface area contributed by atoms with Crippen LogP contribution in [0.1, 0.15) is 24.2 Å². The predicted molar refractivity (Wildman–Crippen MR) is 92.6 cm³/mol. The number of carbonyl (C=O) groups excluding carboxylic acids is 1. The van der Waals surface area contributed by atoms with E-state index in [4.69, 9.17) is 23.2 Å². The first kappa shape index (κ1) is 16.7. The zero-order chi connectivity index (χ0) is 16.5. The highest BCUT2D eigenvalue weighted by Crippen LogP contribution is 2.32. The number of nitrogens with zero attached hydrogens (tertiary/aromatic N) is 3. The van der Waals surface area contributed by atoms with Crippen molar-refractivity contribution in [2.24, 2.45) is 9.98 Å². The Hall–Kier alpha value is -1.65. The molecule has 0 radical (unpaired) electrons. The molecule has 1 aromatic rings. The van der Waals surface area contributed by atoms with E-state index >= 15 is 0 Å². The molecule has 1 unspecified atom stereocenters. The maximum absolute atomic E-state index is 12.9. The fourth-order valence-corrected chi connectivity index (χ4v) is 2.72. The van der Waals surface area contributed by atoms with E-state index in [1.807, 2.05) is 21.0 Å². The first-order valence-corrected chi connectivity index (χ1v) is 7.49. The number of carbonyl (C=O) groups is 1. The van der Waals surface area contributed by atoms with Gasteiger partial charge in [0.05, 0.1) is 16.3 Å². The van der Waals surface area contributed by atoms with Crippen LogP contribution in [0, 0.1) is 0 Å². The first-order valence-electron chi connectivity index (χ1n) is 6.73. The number of rotatable bonds is 4. The maximum Gasteiger partial charge on any atom is 0.196 e. The van der Waals surface area contributed by atoms with Crippen LogP contribution in [0.5, 0.6) is 0 Å². The molecule has 0 bridgehead atoms. The average Bonchev–Trinajstić information content (AvgIpc) is 2.76. The molecule has 22 heavy (non-hydrogen) atoms. The summed E-state index contributed by atoms with van der Waals surface area (Å²) in [6.45, 7) is 3.65. The third kappa shape index (κ3) is 3.39. The lowest BCUT2D eigenvalue weighted by atomic mass is 9.94. The first-order chi connectivity index (χ1) is 10.2. The highest BCUT2D eigenvalue weighted by Gasteiger charge is 2.36. The summed E-state index contributed by atoms with van der Waals surface area (Å²) in [5.41, 5.74) is 0.682. The number of ketones is 1. The summed E-state index contributed by atoms with van der Waals surface area (Å²) in [7, 11) is 3.69. The predicted octanol–water partition coefficient (Wildman–Crippen LogP) is 3.88. The Morgan fingerprint density at radius 1 is 1.32 bits per heavy atom. The molecule has 6 heteroatoms. The summed E-state index contributed by atoms with van der Waals surface area (Å²) < 4.78 is 0. The Morgan fingerprint density at radius 3 is 2.50 bits per heavy atom. The van der Waals surface area contributed by atoms with E-state index in [1.165, 1.54) is 0 Å². The molecular formula is C16H17Cl2N3O. The van der Waals surface area contributed by atoms with Gasteiger partial charge in [-0.05, 0) is 32.0 Å². The lowest BCUT2D eigenvalue weighted by Crippen LogP contribution is -2.28. The summed E-state index contributed by atoms with van der Waals surface area (Å²) in [6.07, 6.45) is 3.40. The highest BCUT2D eigenvalue weighted by atomic mass is 35.5. The van der Waals surface area contributed by atoms with Gasteiger partial charge in [-0.1, -0.05) is 23.2 Å². The summed E-state index contributed by atoms with van der Waals surface area (Å²) in [5, 5.41) is 0.798. The monoisotopic (exact) mass is 337 g/mol. The molecule has 0 fully saturated rings. The minimum atomic E-state index is -0.936. The van der Waals surface area contributed by atoms with Crippen molar-refractivity contribution < 1.29 is 4.79 Å². The molecule has 1 aliphatic heterocycles. The molecule has 116 valence electrons. The van der Waals surface area contributed by atoms with Gasteiger partial charge in [-0.25, -0.2) is 0 Å². The number of hydrogen-bond donors (Lipinski definition) is 0. The van der Waals surface area contributed by atoms with Crippen LogP contribution in [0.4, 0.5) is 0 Å². The van der Waals surface area contributed by atoms with Gasteiger partial charge in [0.2, 0.25) is 0 Å². The molecule has 1 atom stereocenters. The van der Waals surface area contributed by atoms with Crippen molar-refractivity contribution >= 4 is 40.9 Å². The SMILES string of the molecule is CC1=NC(C)(/C(=C\N(C)C)C(=O)c2ccc(Cl)cc2Cl)N=C1. The lowest BCUT2D eigenvalue weighted by molar-refractivity contribution is 0.102. The molecule has 0 saturated heterocycles. The number of hydrogen-bond acceptors (Lipinski definition) is 4. The normalized spacial score (nSPS) is 21.0. The van der Waals surface area contributed by atoms with E-state index < -0.39 is 5.66 Å². The molecule has 1 aliphatic rings. The van der Waals surface area contributed by atoms with Crippen molar-refractivity contribution in [3.63, 3.8) is 0 Å². The Morgan fingerprint density at radius 2 is 2.00 bits per heavy atom. The smallest absolute Gasteiger partial charge is 0.196 e. The molecule has 0 amide bonds. The van der Waals surface area contributed by atoms with Gasteiger partial charge < -0.3 is 4.90 Å². The van der Waals surface area contributed by atoms with Crippen molar-refractivity contribution in [1.82, 2.24) is 4.90 Å². The molecule has 0 spiro atoms. The van der Waals surface area contributed by atoms with E-state index in [1.54, 1.807) is 42.4 Å². The third-order valence-electron chi connectivity index (χ3n) is 3.21. The molecule has 2 rings (SSSR count). The van der Waals surface area contributed by atoms with Gasteiger partial charge in [0.25, 0.3) is 0 Å². The van der Waals surface area contributed by atoms with Crippen LogP contribution in [-0.2, 0) is 0 Å². The van der Waals surface area contributed by atoms with E-state index in [0.29, 0.717) is 21.2 Å². The molecule has 1 aromatic carbocycles. The second-order valence-electron chi connectivity index (χ2n) is 5.49. The fraction of sp³-hybridized carbons (Fsp3) is 0.312. The summed E-state index contributed by atoms with van der Waals surface area (Å²) in [6, 6.07) is 4.82. The lowest BCUT2D eigenvalue weighted by Gasteiger charge is -2.23. The maximum atomic E-state index is 12.9. The van der Waals surface area contributed by atoms with Gasteiger partial charge >= 0.3 is 0 Å². The Kier molecular flexibility index (Phi) is 4.73. The van der Waals surface area contributed by atoms with E-state index in [2.05, 4.69) is 9.98 Å². The van der Waals surface area contributed by atoms with Crippen LogP contribution in [0.15, 0.2) is 40.0 Å². The van der Waals surface area contributed by atoms with Crippen molar-refractivity contribution in [2.45, 2.75) is 19.5 Å². The third-order valence-corrected chi connectivity index (χ3v) is 3.76. The van der Waals surface area contributed by atoms with Gasteiger partial charge in [-0.2, -0.15) is 0 Å². The van der Waals surface area contributed by atoms with Crippen LogP contribution < -0.4 is 0 Å². The zero-order valence-electron chi connectivity index (χ0n) is 12.9. The van der Waals surface area contributed by atoms with Crippen molar-refractivity contribution in [2.75, 3.05) is 14.1 Å². The Balaban J connectivity index is 2.52. The van der Waals surface area contributed by atoms with Crippen molar-refractivity contribution in [3.05, 3.63) is 45.6 Å². The van der Waals surface area contributed by atoms with Gasteiger partial charge in [-0.3, -0.25) is 14.8 Å². The number of halogens is 2. The second kappa shape index (κ2) is 6.23. The minimum absolute atomic E-state index is 0.214. The van der Waals surface area contributed by atoms with Gasteiger partial charge in [0.1, 0.15) is 0 Å². The standard InChI is InChI=1S/C16H17Cl2N3O/c1-10-8-19-16(2,20-10)13(9-21(3)4)15(22)12-6-5-11(17)7-14(12)18/h5-9H,1-4H3/b13-9-. The van der Waals surface area contributed by atoms with Crippen LogP contribution in [0.2, 0.25) is 10.0 Å². The quantitative estimate of drug-likeness (QED) is 0.618. The zero-order valence-corrected chi connectivity index (χ0v) is 14.4. The van der Waals surface area contributed by atoms with Gasteiger partial charge in [0.15, 0.2) is 11.4 Å². The molecule has 0 saturated carbocycles. The minimum Gasteiger partial charge on any atom is -0.383 e. The van der Waals surface area contributed by atoms with Crippen molar-refractivity contribution in [3.8, 4) is 0 Å². The molecular weight excluding hydrogens is 321 g/mol. The Bertz CT molecular complexity index is 707. The number of Topliss-reactive ketones (excluding diaryl/α,β-unsaturated/α-hetero) is 1. The fourth-order valence-electron chi connectivity index (χ4n) is 2.22. The van der Waals surface area contributed by atoms with Crippen LogP contribution in [0.25, 0.3) is 0 Å². The second-order valence-corrected chi connectivity index (χ2v) is 6.34.